The molecule has 0 atom stereocenters. The second-order valence-electron chi connectivity index (χ2n) is 5.74. The van der Waals surface area contributed by atoms with Crippen molar-refractivity contribution < 1.29 is 4.79 Å². The molecule has 0 aliphatic heterocycles. The Kier molecular flexibility index (Phi) is 6.06. The Hall–Kier alpha value is -1.35. The van der Waals surface area contributed by atoms with Crippen LogP contribution in [-0.4, -0.2) is 25.0 Å². The summed E-state index contributed by atoms with van der Waals surface area (Å²) in [5.41, 5.74) is 1.31. The van der Waals surface area contributed by atoms with Gasteiger partial charge < -0.3 is 10.6 Å². The van der Waals surface area contributed by atoms with Gasteiger partial charge in [0.1, 0.15) is 0 Å². The average molecular weight is 274 g/mol. The minimum atomic E-state index is 0.217. The van der Waals surface area contributed by atoms with Crippen LogP contribution in [0.2, 0.25) is 0 Å². The zero-order chi connectivity index (χ0) is 14.2. The maximum atomic E-state index is 11.9. The van der Waals surface area contributed by atoms with Crippen molar-refractivity contribution in [3.63, 3.8) is 0 Å². The second kappa shape index (κ2) is 8.05. The first-order valence-electron chi connectivity index (χ1n) is 7.78. The summed E-state index contributed by atoms with van der Waals surface area (Å²) in [4.78, 5) is 11.9. The molecular weight excluding hydrogens is 248 g/mol. The van der Waals surface area contributed by atoms with Crippen LogP contribution in [0.25, 0.3) is 0 Å². The van der Waals surface area contributed by atoms with Crippen LogP contribution in [0.4, 0.5) is 0 Å². The molecule has 110 valence electrons. The van der Waals surface area contributed by atoms with E-state index >= 15 is 0 Å². The van der Waals surface area contributed by atoms with Gasteiger partial charge in [-0.1, -0.05) is 30.3 Å². The van der Waals surface area contributed by atoms with Crippen LogP contribution in [0.5, 0.6) is 0 Å². The first kappa shape index (κ1) is 15.0. The molecule has 3 nitrogen and oxygen atoms in total. The fraction of sp³-hybridized carbons (Fsp3) is 0.588. The van der Waals surface area contributed by atoms with Crippen molar-refractivity contribution in [1.82, 2.24) is 10.6 Å². The lowest BCUT2D eigenvalue weighted by Crippen LogP contribution is -2.41. The number of rotatable bonds is 6. The van der Waals surface area contributed by atoms with E-state index in [4.69, 9.17) is 0 Å². The normalized spacial score (nSPS) is 22.4. The maximum absolute atomic E-state index is 11.9. The molecule has 3 heteroatoms. The molecule has 1 saturated carbocycles. The van der Waals surface area contributed by atoms with E-state index in [9.17, 15) is 4.79 Å². The molecule has 0 heterocycles. The number of aryl methyl sites for hydroxylation is 1. The van der Waals surface area contributed by atoms with Crippen LogP contribution in [-0.2, 0) is 11.2 Å². The van der Waals surface area contributed by atoms with Gasteiger partial charge in [-0.2, -0.15) is 0 Å². The number of hydrogen-bond donors (Lipinski definition) is 2. The minimum Gasteiger partial charge on any atom is -0.353 e. The summed E-state index contributed by atoms with van der Waals surface area (Å²) in [7, 11) is 2.02. The van der Waals surface area contributed by atoms with Gasteiger partial charge in [0.25, 0.3) is 0 Å². The van der Waals surface area contributed by atoms with Crippen molar-refractivity contribution in [2.45, 2.75) is 57.0 Å². The van der Waals surface area contributed by atoms with Crippen LogP contribution >= 0.6 is 0 Å². The Bertz CT molecular complexity index is 397. The van der Waals surface area contributed by atoms with Gasteiger partial charge in [0.05, 0.1) is 0 Å². The molecule has 1 aromatic carbocycles. The SMILES string of the molecule is CNC1CCC(NC(=O)CCCc2ccccc2)CC1. The van der Waals surface area contributed by atoms with E-state index in [2.05, 4.69) is 34.9 Å². The highest BCUT2D eigenvalue weighted by Gasteiger charge is 2.20. The highest BCUT2D eigenvalue weighted by atomic mass is 16.1. The summed E-state index contributed by atoms with van der Waals surface area (Å²) < 4.78 is 0. The number of carbonyl (C=O) groups is 1. The van der Waals surface area contributed by atoms with Gasteiger partial charge in [-0.25, -0.2) is 0 Å². The highest BCUT2D eigenvalue weighted by Crippen LogP contribution is 2.18. The minimum absolute atomic E-state index is 0.217. The molecule has 1 aliphatic rings. The van der Waals surface area contributed by atoms with E-state index in [0.717, 1.165) is 25.7 Å². The molecule has 20 heavy (non-hydrogen) atoms. The topological polar surface area (TPSA) is 41.1 Å². The quantitative estimate of drug-likeness (QED) is 0.837. The van der Waals surface area contributed by atoms with Gasteiger partial charge >= 0.3 is 0 Å². The Morgan fingerprint density at radius 1 is 1.10 bits per heavy atom. The average Bonchev–Trinajstić information content (AvgIpc) is 2.49. The molecule has 0 radical (unpaired) electrons. The first-order chi connectivity index (χ1) is 9.78. The third-order valence-electron chi connectivity index (χ3n) is 4.21. The smallest absolute Gasteiger partial charge is 0.220 e. The molecule has 1 amide bonds. The predicted molar refractivity (Wildman–Crippen MR) is 82.6 cm³/mol. The lowest BCUT2D eigenvalue weighted by atomic mass is 9.91. The molecule has 0 bridgehead atoms. The first-order valence-corrected chi connectivity index (χ1v) is 7.78. The zero-order valence-electron chi connectivity index (χ0n) is 12.4. The molecule has 1 aromatic rings. The molecule has 0 spiro atoms. The van der Waals surface area contributed by atoms with Gasteiger partial charge in [0.15, 0.2) is 0 Å². The van der Waals surface area contributed by atoms with Gasteiger partial charge in [-0.05, 0) is 51.1 Å². The standard InChI is InChI=1S/C17H26N2O/c1-18-15-10-12-16(13-11-15)19-17(20)9-5-8-14-6-3-2-4-7-14/h2-4,6-7,15-16,18H,5,8-13H2,1H3,(H,19,20). The van der Waals surface area contributed by atoms with Gasteiger partial charge in [-0.3, -0.25) is 4.79 Å². The lowest BCUT2D eigenvalue weighted by molar-refractivity contribution is -0.122. The Balaban J connectivity index is 1.61. The van der Waals surface area contributed by atoms with E-state index in [1.54, 1.807) is 0 Å². The summed E-state index contributed by atoms with van der Waals surface area (Å²) in [6, 6.07) is 11.4. The number of nitrogens with one attached hydrogen (secondary N) is 2. The van der Waals surface area contributed by atoms with Crippen molar-refractivity contribution >= 4 is 5.91 Å². The van der Waals surface area contributed by atoms with Gasteiger partial charge in [0.2, 0.25) is 5.91 Å². The fourth-order valence-electron chi connectivity index (χ4n) is 2.92. The molecule has 1 fully saturated rings. The molecule has 2 N–H and O–H groups in total. The molecule has 2 rings (SSSR count). The third-order valence-corrected chi connectivity index (χ3v) is 4.21. The largest absolute Gasteiger partial charge is 0.353 e. The van der Waals surface area contributed by atoms with E-state index in [1.807, 2.05) is 13.1 Å². The van der Waals surface area contributed by atoms with Crippen LogP contribution in [0.3, 0.4) is 0 Å². The summed E-state index contributed by atoms with van der Waals surface area (Å²) in [5.74, 6) is 0.217. The van der Waals surface area contributed by atoms with Crippen LogP contribution < -0.4 is 10.6 Å². The van der Waals surface area contributed by atoms with E-state index in [-0.39, 0.29) is 5.91 Å². The molecule has 0 aromatic heterocycles. The monoisotopic (exact) mass is 274 g/mol. The van der Waals surface area contributed by atoms with E-state index < -0.39 is 0 Å². The van der Waals surface area contributed by atoms with Crippen molar-refractivity contribution in [2.75, 3.05) is 7.05 Å². The van der Waals surface area contributed by atoms with Crippen molar-refractivity contribution in [3.05, 3.63) is 35.9 Å². The zero-order valence-corrected chi connectivity index (χ0v) is 12.4. The molecular formula is C17H26N2O. The molecule has 0 saturated heterocycles. The highest BCUT2D eigenvalue weighted by molar-refractivity contribution is 5.76. The number of amides is 1. The summed E-state index contributed by atoms with van der Waals surface area (Å²) in [6.07, 6.45) is 7.12. The number of hydrogen-bond acceptors (Lipinski definition) is 2. The molecule has 0 unspecified atom stereocenters. The van der Waals surface area contributed by atoms with Gasteiger partial charge in [-0.15, -0.1) is 0 Å². The molecule has 1 aliphatic carbocycles. The predicted octanol–water partition coefficient (Wildman–Crippen LogP) is 2.66. The summed E-state index contributed by atoms with van der Waals surface area (Å²) >= 11 is 0. The van der Waals surface area contributed by atoms with Crippen LogP contribution in [0.1, 0.15) is 44.1 Å². The number of carbonyl (C=O) groups excluding carboxylic acids is 1. The van der Waals surface area contributed by atoms with E-state index in [1.165, 1.54) is 18.4 Å². The van der Waals surface area contributed by atoms with E-state index in [0.29, 0.717) is 18.5 Å². The maximum Gasteiger partial charge on any atom is 0.220 e. The second-order valence-corrected chi connectivity index (χ2v) is 5.74. The van der Waals surface area contributed by atoms with Crippen molar-refractivity contribution in [3.8, 4) is 0 Å². The Labute approximate surface area is 122 Å². The van der Waals surface area contributed by atoms with Gasteiger partial charge in [0, 0.05) is 18.5 Å². The summed E-state index contributed by atoms with van der Waals surface area (Å²) in [6.45, 7) is 0. The fourth-order valence-corrected chi connectivity index (χ4v) is 2.92. The lowest BCUT2D eigenvalue weighted by Gasteiger charge is -2.28. The van der Waals surface area contributed by atoms with Crippen molar-refractivity contribution in [1.29, 1.82) is 0 Å². The number of benzene rings is 1. The Morgan fingerprint density at radius 2 is 1.75 bits per heavy atom. The summed E-state index contributed by atoms with van der Waals surface area (Å²) in [5, 5.41) is 6.50. The van der Waals surface area contributed by atoms with Crippen LogP contribution in [0, 0.1) is 0 Å². The van der Waals surface area contributed by atoms with Crippen molar-refractivity contribution in [2.24, 2.45) is 0 Å². The Morgan fingerprint density at radius 3 is 2.40 bits per heavy atom. The van der Waals surface area contributed by atoms with Crippen LogP contribution in [0.15, 0.2) is 30.3 Å². The third kappa shape index (κ3) is 4.97.